The molecule has 5 aliphatic carbocycles. The highest BCUT2D eigenvalue weighted by Gasteiger charge is 2.90. The average Bonchev–Trinajstić information content (AvgIpc) is 3.39. The smallest absolute Gasteiger partial charge is 0.303 e. The summed E-state index contributed by atoms with van der Waals surface area (Å²) in [4.78, 5) is 14.7. The number of carbonyl (C=O) groups excluding carboxylic acids is 1. The van der Waals surface area contributed by atoms with Gasteiger partial charge >= 0.3 is 5.97 Å². The summed E-state index contributed by atoms with van der Waals surface area (Å²) in [5.41, 5.74) is -0.953. The number of carbonyl (C=O) groups is 1. The second-order valence-electron chi connectivity index (χ2n) is 18.1. The topological polar surface area (TPSA) is 79.2 Å². The minimum absolute atomic E-state index is 0.142. The second-order valence-corrected chi connectivity index (χ2v) is 18.1. The maximum absolute atomic E-state index is 12.7. The molecule has 0 aromatic carbocycles. The van der Waals surface area contributed by atoms with E-state index in [2.05, 4.69) is 73.1 Å². The number of fused-ring (bicyclic) bond motifs is 4. The van der Waals surface area contributed by atoms with Gasteiger partial charge in [-0.15, -0.1) is 6.58 Å². The summed E-state index contributed by atoms with van der Waals surface area (Å²) in [6.45, 7) is 27.8. The summed E-state index contributed by atoms with van der Waals surface area (Å²) >= 11 is 0. The van der Waals surface area contributed by atoms with Gasteiger partial charge in [0.05, 0.1) is 23.9 Å². The summed E-state index contributed by atoms with van der Waals surface area (Å²) in [7, 11) is 2.32. The predicted octanol–water partition coefficient (Wildman–Crippen LogP) is 6.62. The van der Waals surface area contributed by atoms with Gasteiger partial charge in [0, 0.05) is 18.4 Å². The van der Waals surface area contributed by atoms with Gasteiger partial charge in [-0.2, -0.15) is 0 Å². The van der Waals surface area contributed by atoms with Crippen molar-refractivity contribution in [2.45, 2.75) is 150 Å². The van der Waals surface area contributed by atoms with Crippen LogP contribution in [0.2, 0.25) is 0 Å². The van der Waals surface area contributed by atoms with Gasteiger partial charge in [0.2, 0.25) is 0 Å². The number of hydrogen-bond acceptors (Lipinski definition) is 6. The fourth-order valence-corrected chi connectivity index (χ4v) is 14.7. The van der Waals surface area contributed by atoms with Crippen molar-refractivity contribution < 1.29 is 24.5 Å². The first-order chi connectivity index (χ1) is 20.3. The fourth-order valence-electron chi connectivity index (χ4n) is 14.7. The van der Waals surface area contributed by atoms with Crippen LogP contribution in [0.4, 0.5) is 0 Å². The molecule has 6 fully saturated rings. The van der Waals surface area contributed by atoms with Crippen LogP contribution in [-0.2, 0) is 14.3 Å². The molecule has 1 saturated heterocycles. The molecule has 1 heterocycles. The highest BCUT2D eigenvalue weighted by atomic mass is 16.6. The Bertz CT molecular complexity index is 1190. The highest BCUT2D eigenvalue weighted by molar-refractivity contribution is 5.66. The van der Waals surface area contributed by atoms with Gasteiger partial charge in [-0.3, -0.25) is 4.79 Å². The summed E-state index contributed by atoms with van der Waals surface area (Å²) in [5.74, 6) is 0.971. The molecular formula is C38H63NO5. The average molecular weight is 614 g/mol. The van der Waals surface area contributed by atoms with Gasteiger partial charge in [-0.25, -0.2) is 0 Å². The van der Waals surface area contributed by atoms with E-state index >= 15 is 0 Å². The van der Waals surface area contributed by atoms with E-state index in [-0.39, 0.29) is 45.0 Å². The summed E-state index contributed by atoms with van der Waals surface area (Å²) < 4.78 is 12.6. The molecule has 5 saturated carbocycles. The Morgan fingerprint density at radius 2 is 1.80 bits per heavy atom. The maximum Gasteiger partial charge on any atom is 0.303 e. The van der Waals surface area contributed by atoms with Crippen molar-refractivity contribution in [2.75, 3.05) is 13.6 Å². The number of rotatable bonds is 6. The monoisotopic (exact) mass is 613 g/mol. The minimum Gasteiger partial charge on any atom is -0.457 e. The van der Waals surface area contributed by atoms with E-state index in [9.17, 15) is 15.0 Å². The van der Waals surface area contributed by atoms with E-state index in [1.807, 2.05) is 0 Å². The SMILES string of the molecule is C=C[C@@]12[C@@H](O)[C@H]3O[C@@H]([C@H](OC(C)=O)C(C)(C)O)C[C@@H](C)[C@@H]3[C@@]1(C)CC[C@]13[C@H]2CC[C@@]2(C)C(C)(C)C(N(C)CC)CC[C@]12[C@H]3C. The molecule has 6 heteroatoms. The maximum atomic E-state index is 12.7. The van der Waals surface area contributed by atoms with Crippen LogP contribution in [-0.4, -0.2) is 70.7 Å². The van der Waals surface area contributed by atoms with Gasteiger partial charge in [-0.05, 0) is 123 Å². The number of ether oxygens (including phenoxy) is 2. The van der Waals surface area contributed by atoms with Gasteiger partial charge < -0.3 is 24.6 Å². The molecular weight excluding hydrogens is 550 g/mol. The molecule has 0 amide bonds. The molecule has 6 aliphatic rings. The highest BCUT2D eigenvalue weighted by Crippen LogP contribution is 2.94. The van der Waals surface area contributed by atoms with Gasteiger partial charge in [0.25, 0.3) is 0 Å². The third-order valence-corrected chi connectivity index (χ3v) is 16.6. The number of esters is 1. The Balaban J connectivity index is 1.41. The van der Waals surface area contributed by atoms with E-state index in [0.29, 0.717) is 24.3 Å². The number of aliphatic hydroxyl groups is 2. The largest absolute Gasteiger partial charge is 0.457 e. The van der Waals surface area contributed by atoms with Crippen molar-refractivity contribution in [3.63, 3.8) is 0 Å². The van der Waals surface area contributed by atoms with E-state index < -0.39 is 35.3 Å². The molecule has 44 heavy (non-hydrogen) atoms. The van der Waals surface area contributed by atoms with Crippen LogP contribution >= 0.6 is 0 Å². The first-order valence-electron chi connectivity index (χ1n) is 17.9. The van der Waals surface area contributed by atoms with Crippen LogP contribution in [0.15, 0.2) is 12.7 Å². The third kappa shape index (κ3) is 3.51. The first-order valence-corrected chi connectivity index (χ1v) is 17.9. The molecule has 250 valence electrons. The van der Waals surface area contributed by atoms with Crippen molar-refractivity contribution in [1.82, 2.24) is 4.90 Å². The molecule has 2 N–H and O–H groups in total. The normalized spacial score (nSPS) is 53.0. The van der Waals surface area contributed by atoms with Crippen LogP contribution in [0.1, 0.15) is 114 Å². The molecule has 6 nitrogen and oxygen atoms in total. The lowest BCUT2D eigenvalue weighted by molar-refractivity contribution is -0.216. The Morgan fingerprint density at radius 1 is 1.14 bits per heavy atom. The zero-order valence-electron chi connectivity index (χ0n) is 29.7. The third-order valence-electron chi connectivity index (χ3n) is 16.6. The van der Waals surface area contributed by atoms with E-state index in [1.54, 1.807) is 13.8 Å². The predicted molar refractivity (Wildman–Crippen MR) is 174 cm³/mol. The van der Waals surface area contributed by atoms with Crippen molar-refractivity contribution in [1.29, 1.82) is 0 Å². The van der Waals surface area contributed by atoms with Gasteiger partial charge in [-0.1, -0.05) is 54.5 Å². The molecule has 2 spiro atoms. The summed E-state index contributed by atoms with van der Waals surface area (Å²) in [6.07, 6.45) is 7.65. The van der Waals surface area contributed by atoms with Crippen molar-refractivity contribution in [3.05, 3.63) is 12.7 Å². The van der Waals surface area contributed by atoms with Crippen molar-refractivity contribution >= 4 is 5.97 Å². The van der Waals surface area contributed by atoms with Crippen LogP contribution in [0.25, 0.3) is 0 Å². The molecule has 0 bridgehead atoms. The Kier molecular flexibility index (Phi) is 7.34. The zero-order chi connectivity index (χ0) is 32.6. The van der Waals surface area contributed by atoms with Gasteiger partial charge in [0.1, 0.15) is 0 Å². The Hall–Kier alpha value is -0.950. The lowest BCUT2D eigenvalue weighted by atomic mass is 9.37. The summed E-state index contributed by atoms with van der Waals surface area (Å²) in [5, 5.41) is 23.8. The van der Waals surface area contributed by atoms with Crippen molar-refractivity contribution in [2.24, 2.45) is 56.2 Å². The number of aliphatic hydroxyl groups excluding tert-OH is 1. The molecule has 0 aromatic heterocycles. The molecule has 1 aliphatic heterocycles. The Morgan fingerprint density at radius 3 is 2.36 bits per heavy atom. The molecule has 14 atom stereocenters. The molecule has 0 aromatic rings. The van der Waals surface area contributed by atoms with E-state index in [4.69, 9.17) is 9.47 Å². The first kappa shape index (κ1) is 33.0. The van der Waals surface area contributed by atoms with Gasteiger partial charge in [0.15, 0.2) is 6.10 Å². The molecule has 0 radical (unpaired) electrons. The number of nitrogens with zero attached hydrogens (tertiary/aromatic N) is 1. The van der Waals surface area contributed by atoms with Crippen LogP contribution < -0.4 is 0 Å². The molecule has 6 rings (SSSR count). The van der Waals surface area contributed by atoms with Crippen LogP contribution in [0.3, 0.4) is 0 Å². The fraction of sp³-hybridized carbons (Fsp3) is 0.921. The quantitative estimate of drug-likeness (QED) is 0.259. The lowest BCUT2D eigenvalue weighted by Gasteiger charge is -2.68. The minimum atomic E-state index is -1.26. The lowest BCUT2D eigenvalue weighted by Crippen LogP contribution is -2.65. The molecule has 1 unspecified atom stereocenters. The van der Waals surface area contributed by atoms with Crippen LogP contribution in [0, 0.1) is 56.2 Å². The van der Waals surface area contributed by atoms with Crippen LogP contribution in [0.5, 0.6) is 0 Å². The van der Waals surface area contributed by atoms with E-state index in [0.717, 1.165) is 19.4 Å². The standard InChI is InChI=1S/C38H63NO5/c1-13-36-26-15-17-35(11)32(6,7)27(39(12)14-2)16-18-38(35)23(4)37(26,38)20-19-34(36,10)28-22(3)21-25(44-29(28)30(36)41)31(33(8,9)42)43-24(5)40/h13,22-23,25-31,41-42H,1,14-21H2,2-12H3/t22-,23+,25-,26+,27?,28+,29+,30+,31+,34-,35+,36-,37+,38-/m1/s1. The second kappa shape index (κ2) is 9.80. The van der Waals surface area contributed by atoms with E-state index in [1.165, 1.54) is 32.6 Å². The van der Waals surface area contributed by atoms with Crippen molar-refractivity contribution in [3.8, 4) is 0 Å². The number of hydrogen-bond donors (Lipinski definition) is 2. The zero-order valence-corrected chi connectivity index (χ0v) is 29.7. The Labute approximate surface area is 267 Å². The summed E-state index contributed by atoms with van der Waals surface area (Å²) in [6, 6.07) is 0.582.